The number of hydrogen-bond acceptors (Lipinski definition) is 5. The van der Waals surface area contributed by atoms with E-state index in [4.69, 9.17) is 9.22 Å². The Morgan fingerprint density at radius 1 is 1.33 bits per heavy atom. The molecule has 2 atom stereocenters. The fourth-order valence-corrected chi connectivity index (χ4v) is 2.92. The maximum Gasteiger partial charge on any atom is 0.128 e. The smallest absolute Gasteiger partial charge is 0.128 e. The molecule has 2 rings (SSSR count). The lowest BCUT2D eigenvalue weighted by Crippen LogP contribution is -2.22. The third-order valence-electron chi connectivity index (χ3n) is 2.96. The van der Waals surface area contributed by atoms with Crippen LogP contribution in [0, 0.1) is 11.6 Å². The summed E-state index contributed by atoms with van der Waals surface area (Å²) in [7, 11) is 0. The minimum absolute atomic E-state index is 0.207. The summed E-state index contributed by atoms with van der Waals surface area (Å²) in [6.07, 6.45) is -0.310. The van der Waals surface area contributed by atoms with E-state index in [1.165, 1.54) is 0 Å². The number of rotatable bonds is 4. The maximum atomic E-state index is 13.9. The average molecular weight is 319 g/mol. The molecule has 4 nitrogen and oxygen atoms in total. The molecule has 1 aromatic carbocycles. The molecule has 1 aliphatic rings. The summed E-state index contributed by atoms with van der Waals surface area (Å²) in [4.78, 5) is 5.14. The Bertz CT molecular complexity index is 496. The number of aliphatic hydroxyl groups is 1. The monoisotopic (exact) mass is 319 g/mol. The van der Waals surface area contributed by atoms with Gasteiger partial charge in [-0.3, -0.25) is 0 Å². The Hall–Kier alpha value is -0.730. The Kier molecular flexibility index (Phi) is 5.21. The van der Waals surface area contributed by atoms with Crippen LogP contribution in [0.2, 0.25) is 0 Å². The molecule has 0 radical (unpaired) electrons. The molecule has 1 saturated heterocycles. The molecule has 7 heteroatoms. The first-order valence-electron chi connectivity index (χ1n) is 6.68. The Morgan fingerprint density at radius 2 is 2.05 bits per heavy atom. The molecule has 118 valence electrons. The average Bonchev–Trinajstić information content (AvgIpc) is 2.72. The SMILES string of the molecule is CC(C)(C)OOSN1C[C@@H](O)C[C@@H]1c1cc(F)ccc1F. The summed E-state index contributed by atoms with van der Waals surface area (Å²) >= 11 is 0.894. The molecule has 0 saturated carbocycles. The zero-order valence-corrected chi connectivity index (χ0v) is 13.0. The third-order valence-corrected chi connectivity index (χ3v) is 3.68. The van der Waals surface area contributed by atoms with E-state index in [0.717, 1.165) is 30.4 Å². The fraction of sp³-hybridized carbons (Fsp3) is 0.571. The molecule has 1 heterocycles. The van der Waals surface area contributed by atoms with Gasteiger partial charge in [0.05, 0.1) is 17.7 Å². The second-order valence-electron chi connectivity index (χ2n) is 6.01. The summed E-state index contributed by atoms with van der Waals surface area (Å²) in [5, 5.41) is 9.78. The molecule has 1 N–H and O–H groups in total. The standard InChI is InChI=1S/C14H19F2NO3S/c1-14(2,3)19-20-21-17-8-10(18)7-13(17)11-6-9(15)4-5-12(11)16/h4-6,10,13,18H,7-8H2,1-3H3/t10-,13+/m0/s1. The largest absolute Gasteiger partial charge is 0.392 e. The Balaban J connectivity index is 2.08. The van der Waals surface area contributed by atoms with Crippen molar-refractivity contribution >= 4 is 12.2 Å². The lowest BCUT2D eigenvalue weighted by Gasteiger charge is -2.24. The van der Waals surface area contributed by atoms with Gasteiger partial charge in [-0.25, -0.2) is 18.0 Å². The van der Waals surface area contributed by atoms with E-state index in [1.807, 2.05) is 20.8 Å². The Morgan fingerprint density at radius 3 is 2.71 bits per heavy atom. The molecule has 1 aromatic rings. The highest BCUT2D eigenvalue weighted by molar-refractivity contribution is 7.92. The number of nitrogens with zero attached hydrogens (tertiary/aromatic N) is 1. The van der Waals surface area contributed by atoms with E-state index in [1.54, 1.807) is 4.31 Å². The van der Waals surface area contributed by atoms with E-state index in [9.17, 15) is 13.9 Å². The summed E-state index contributed by atoms with van der Waals surface area (Å²) in [6.45, 7) is 5.78. The number of aliphatic hydroxyl groups excluding tert-OH is 1. The molecule has 0 unspecified atom stereocenters. The van der Waals surface area contributed by atoms with Crippen LogP contribution < -0.4 is 0 Å². The van der Waals surface area contributed by atoms with Gasteiger partial charge in [-0.15, -0.1) is 4.33 Å². The minimum Gasteiger partial charge on any atom is -0.392 e. The van der Waals surface area contributed by atoms with Gasteiger partial charge in [0.15, 0.2) is 0 Å². The van der Waals surface area contributed by atoms with Crippen molar-refractivity contribution in [1.29, 1.82) is 0 Å². The van der Waals surface area contributed by atoms with E-state index >= 15 is 0 Å². The summed E-state index contributed by atoms with van der Waals surface area (Å²) in [5.74, 6) is -1.01. The van der Waals surface area contributed by atoms with Crippen molar-refractivity contribution in [3.63, 3.8) is 0 Å². The van der Waals surface area contributed by atoms with Crippen molar-refractivity contribution in [1.82, 2.24) is 4.31 Å². The predicted molar refractivity (Wildman–Crippen MR) is 75.9 cm³/mol. The van der Waals surface area contributed by atoms with Crippen LogP contribution in [0.25, 0.3) is 0 Å². The van der Waals surface area contributed by atoms with Gasteiger partial charge in [0, 0.05) is 12.1 Å². The summed E-state index contributed by atoms with van der Waals surface area (Å²) in [5.41, 5.74) is -0.274. The van der Waals surface area contributed by atoms with Gasteiger partial charge in [-0.05, 0) is 45.4 Å². The van der Waals surface area contributed by atoms with Gasteiger partial charge in [0.2, 0.25) is 0 Å². The van der Waals surface area contributed by atoms with Crippen LogP contribution in [0.1, 0.15) is 38.8 Å². The number of hydrogen-bond donors (Lipinski definition) is 1. The molecule has 0 bridgehead atoms. The first kappa shape index (κ1) is 16.6. The van der Waals surface area contributed by atoms with Crippen molar-refractivity contribution < 1.29 is 23.1 Å². The number of β-amino-alcohol motifs (C(OH)–C–C–N with tert-alkyl or cyclic N) is 1. The first-order chi connectivity index (χ1) is 9.76. The van der Waals surface area contributed by atoms with Crippen LogP contribution in [0.4, 0.5) is 8.78 Å². The van der Waals surface area contributed by atoms with Crippen molar-refractivity contribution in [2.24, 2.45) is 0 Å². The van der Waals surface area contributed by atoms with Crippen molar-refractivity contribution in [2.45, 2.75) is 44.9 Å². The Labute approximate surface area is 127 Å². The highest BCUT2D eigenvalue weighted by Crippen LogP contribution is 2.39. The second-order valence-corrected chi connectivity index (χ2v) is 6.76. The first-order valence-corrected chi connectivity index (χ1v) is 7.38. The quantitative estimate of drug-likeness (QED) is 0.399. The maximum absolute atomic E-state index is 13.9. The molecular formula is C14H19F2NO3S. The highest BCUT2D eigenvalue weighted by Gasteiger charge is 2.35. The normalized spacial score (nSPS) is 23.7. The van der Waals surface area contributed by atoms with Crippen LogP contribution >= 0.6 is 12.2 Å². The fourth-order valence-electron chi connectivity index (χ4n) is 2.08. The molecule has 21 heavy (non-hydrogen) atoms. The highest BCUT2D eigenvalue weighted by atomic mass is 32.2. The molecule has 0 spiro atoms. The molecule has 1 fully saturated rings. The zero-order chi connectivity index (χ0) is 15.6. The number of benzene rings is 1. The lowest BCUT2D eigenvalue weighted by molar-refractivity contribution is -0.264. The van der Waals surface area contributed by atoms with Crippen LogP contribution in [0.15, 0.2) is 18.2 Å². The third kappa shape index (κ3) is 4.62. The van der Waals surface area contributed by atoms with Crippen LogP contribution in [-0.2, 0) is 9.22 Å². The molecule has 0 aliphatic carbocycles. The topological polar surface area (TPSA) is 41.9 Å². The summed E-state index contributed by atoms with van der Waals surface area (Å²) in [6, 6.07) is 2.84. The van der Waals surface area contributed by atoms with E-state index in [2.05, 4.69) is 0 Å². The van der Waals surface area contributed by atoms with Gasteiger partial charge >= 0.3 is 0 Å². The van der Waals surface area contributed by atoms with Crippen molar-refractivity contribution in [3.8, 4) is 0 Å². The minimum atomic E-state index is -0.622. The van der Waals surface area contributed by atoms with Gasteiger partial charge in [-0.2, -0.15) is 0 Å². The van der Waals surface area contributed by atoms with Crippen LogP contribution in [-0.4, -0.2) is 27.7 Å². The van der Waals surface area contributed by atoms with Crippen LogP contribution in [0.5, 0.6) is 0 Å². The van der Waals surface area contributed by atoms with E-state index in [-0.39, 0.29) is 5.56 Å². The van der Waals surface area contributed by atoms with Gasteiger partial charge < -0.3 is 5.11 Å². The van der Waals surface area contributed by atoms with Gasteiger partial charge in [0.1, 0.15) is 23.9 Å². The van der Waals surface area contributed by atoms with Crippen LogP contribution in [0.3, 0.4) is 0 Å². The molecular weight excluding hydrogens is 300 g/mol. The summed E-state index contributed by atoms with van der Waals surface area (Å²) < 4.78 is 33.9. The molecule has 0 aromatic heterocycles. The number of halogens is 2. The van der Waals surface area contributed by atoms with E-state index in [0.29, 0.717) is 13.0 Å². The zero-order valence-electron chi connectivity index (χ0n) is 12.2. The van der Waals surface area contributed by atoms with Crippen molar-refractivity contribution in [2.75, 3.05) is 6.54 Å². The van der Waals surface area contributed by atoms with Crippen molar-refractivity contribution in [3.05, 3.63) is 35.4 Å². The predicted octanol–water partition coefficient (Wildman–Crippen LogP) is 3.38. The van der Waals surface area contributed by atoms with E-state index < -0.39 is 29.4 Å². The second kappa shape index (κ2) is 6.58. The van der Waals surface area contributed by atoms with Gasteiger partial charge in [-0.1, -0.05) is 0 Å². The molecule has 1 aliphatic heterocycles. The van der Waals surface area contributed by atoms with Gasteiger partial charge in [0.25, 0.3) is 0 Å². The molecule has 0 amide bonds. The lowest BCUT2D eigenvalue weighted by atomic mass is 10.0.